The van der Waals surface area contributed by atoms with E-state index in [2.05, 4.69) is 29.5 Å². The van der Waals surface area contributed by atoms with Crippen molar-refractivity contribution < 1.29 is 17.5 Å². The van der Waals surface area contributed by atoms with Gasteiger partial charge in [-0.2, -0.15) is 0 Å². The van der Waals surface area contributed by atoms with Crippen molar-refractivity contribution in [3.05, 3.63) is 65.0 Å². The molecule has 0 unspecified atom stereocenters. The van der Waals surface area contributed by atoms with Crippen molar-refractivity contribution in [2.24, 2.45) is 4.99 Å². The van der Waals surface area contributed by atoms with Gasteiger partial charge in [-0.15, -0.1) is 0 Å². The molecule has 2 rings (SSSR count). The molecule has 0 saturated carbocycles. The number of benzene rings is 2. The number of guanidine groups is 1. The van der Waals surface area contributed by atoms with Gasteiger partial charge in [-0.1, -0.05) is 32.0 Å². The fraction of sp³-hybridized carbons (Fsp3) is 0.409. The molecule has 0 aliphatic carbocycles. The van der Waals surface area contributed by atoms with E-state index in [1.54, 1.807) is 14.2 Å². The van der Waals surface area contributed by atoms with Gasteiger partial charge in [0, 0.05) is 31.8 Å². The maximum atomic E-state index is 13.7. The first-order valence-corrected chi connectivity index (χ1v) is 11.6. The van der Waals surface area contributed by atoms with Gasteiger partial charge in [-0.3, -0.25) is 4.99 Å². The number of nitrogens with zero attached hydrogens (tertiary/aromatic N) is 1. The second-order valence-electron chi connectivity index (χ2n) is 7.88. The van der Waals surface area contributed by atoms with Gasteiger partial charge < -0.3 is 15.4 Å². The summed E-state index contributed by atoms with van der Waals surface area (Å²) < 4.78 is 42.3. The van der Waals surface area contributed by atoms with Crippen LogP contribution in [-0.4, -0.2) is 41.3 Å². The molecule has 2 aromatic rings. The molecule has 2 N–H and O–H groups in total. The van der Waals surface area contributed by atoms with E-state index in [-0.39, 0.29) is 17.7 Å². The highest BCUT2D eigenvalue weighted by Crippen LogP contribution is 2.25. The van der Waals surface area contributed by atoms with Crippen molar-refractivity contribution in [2.75, 3.05) is 27.0 Å². The Kier molecular flexibility index (Phi) is 7.83. The number of nitrogens with one attached hydrogen (secondary N) is 2. The van der Waals surface area contributed by atoms with Crippen LogP contribution in [0.3, 0.4) is 0 Å². The van der Waals surface area contributed by atoms with Crippen LogP contribution in [0.1, 0.15) is 30.5 Å². The van der Waals surface area contributed by atoms with Crippen LogP contribution in [0.25, 0.3) is 0 Å². The largest absolute Gasteiger partial charge is 0.497 e. The topological polar surface area (TPSA) is 79.8 Å². The summed E-state index contributed by atoms with van der Waals surface area (Å²) in [4.78, 5) is 4.22. The number of halogens is 1. The Morgan fingerprint density at radius 1 is 1.13 bits per heavy atom. The third kappa shape index (κ3) is 7.02. The zero-order valence-electron chi connectivity index (χ0n) is 18.1. The Balaban J connectivity index is 2.06. The summed E-state index contributed by atoms with van der Waals surface area (Å²) in [5.41, 5.74) is 2.06. The Morgan fingerprint density at radius 3 is 2.50 bits per heavy atom. The van der Waals surface area contributed by atoms with Gasteiger partial charge in [0.05, 0.1) is 12.9 Å². The van der Waals surface area contributed by atoms with E-state index < -0.39 is 15.7 Å². The normalized spacial score (nSPS) is 12.5. The van der Waals surface area contributed by atoms with Gasteiger partial charge in [0.2, 0.25) is 0 Å². The molecule has 2 aromatic carbocycles. The summed E-state index contributed by atoms with van der Waals surface area (Å²) in [6.07, 6.45) is 1.16. The number of rotatable bonds is 8. The van der Waals surface area contributed by atoms with Crippen molar-refractivity contribution in [3.63, 3.8) is 0 Å². The fourth-order valence-corrected chi connectivity index (χ4v) is 3.88. The third-order valence-electron chi connectivity index (χ3n) is 4.80. The van der Waals surface area contributed by atoms with Crippen LogP contribution in [-0.2, 0) is 27.5 Å². The molecule has 0 saturated heterocycles. The first kappa shape index (κ1) is 23.7. The Hall–Kier alpha value is -2.61. The number of hydrogen-bond acceptors (Lipinski definition) is 4. The van der Waals surface area contributed by atoms with Crippen molar-refractivity contribution in [2.45, 2.75) is 31.6 Å². The van der Waals surface area contributed by atoms with E-state index in [4.69, 9.17) is 4.74 Å². The van der Waals surface area contributed by atoms with Gasteiger partial charge >= 0.3 is 0 Å². The lowest BCUT2D eigenvalue weighted by molar-refractivity contribution is 0.411. The first-order valence-electron chi connectivity index (χ1n) is 9.58. The molecule has 0 fully saturated rings. The van der Waals surface area contributed by atoms with E-state index in [1.165, 1.54) is 18.2 Å². The van der Waals surface area contributed by atoms with Crippen LogP contribution < -0.4 is 15.4 Å². The smallest absolute Gasteiger partial charge is 0.191 e. The molecule has 0 aliphatic heterocycles. The van der Waals surface area contributed by atoms with E-state index >= 15 is 0 Å². The summed E-state index contributed by atoms with van der Waals surface area (Å²) in [6.45, 7) is 5.07. The fourth-order valence-electron chi connectivity index (χ4n) is 3.03. The molecule has 0 bridgehead atoms. The average Bonchev–Trinajstić information content (AvgIpc) is 2.69. The molecule has 164 valence electrons. The summed E-state index contributed by atoms with van der Waals surface area (Å²) in [7, 11) is 0.0602. The van der Waals surface area contributed by atoms with E-state index in [9.17, 15) is 12.8 Å². The molecule has 0 spiro atoms. The van der Waals surface area contributed by atoms with Crippen molar-refractivity contribution in [1.29, 1.82) is 0 Å². The molecule has 30 heavy (non-hydrogen) atoms. The zero-order chi connectivity index (χ0) is 22.4. The van der Waals surface area contributed by atoms with Crippen molar-refractivity contribution in [3.8, 4) is 5.75 Å². The van der Waals surface area contributed by atoms with Crippen LogP contribution in [0.5, 0.6) is 5.75 Å². The number of aliphatic imine (C=N–C) groups is 1. The van der Waals surface area contributed by atoms with Crippen molar-refractivity contribution in [1.82, 2.24) is 10.6 Å². The third-order valence-corrected chi connectivity index (χ3v) is 5.64. The molecular formula is C22H30FN3O3S. The van der Waals surface area contributed by atoms with Crippen LogP contribution >= 0.6 is 0 Å². The number of ether oxygens (including phenoxy) is 1. The van der Waals surface area contributed by atoms with Crippen LogP contribution in [0, 0.1) is 5.82 Å². The zero-order valence-corrected chi connectivity index (χ0v) is 18.9. The minimum atomic E-state index is -3.23. The first-order chi connectivity index (χ1) is 14.0. The standard InChI is InChI=1S/C22H30FN3O3S/c1-22(2,18-7-6-8-20(12-18)29-4)15-26-21(24-3)25-13-17-11-19(23)10-9-16(17)14-30(5,27)28/h6-12H,13-15H2,1-5H3,(H2,24,25,26). The summed E-state index contributed by atoms with van der Waals surface area (Å²) in [5, 5.41) is 6.42. The molecule has 0 aliphatic rings. The van der Waals surface area contributed by atoms with Gasteiger partial charge in [-0.25, -0.2) is 12.8 Å². The van der Waals surface area contributed by atoms with Gasteiger partial charge in [-0.05, 0) is 41.0 Å². The summed E-state index contributed by atoms with van der Waals surface area (Å²) >= 11 is 0. The highest BCUT2D eigenvalue weighted by Gasteiger charge is 2.21. The maximum Gasteiger partial charge on any atom is 0.191 e. The Labute approximate surface area is 178 Å². The van der Waals surface area contributed by atoms with Crippen LogP contribution in [0.4, 0.5) is 4.39 Å². The lowest BCUT2D eigenvalue weighted by Gasteiger charge is -2.27. The summed E-state index contributed by atoms with van der Waals surface area (Å²) in [6, 6.07) is 12.0. The highest BCUT2D eigenvalue weighted by atomic mass is 32.2. The Morgan fingerprint density at radius 2 is 1.87 bits per heavy atom. The van der Waals surface area contributed by atoms with E-state index in [1.807, 2.05) is 24.3 Å². The number of hydrogen-bond donors (Lipinski definition) is 2. The summed E-state index contributed by atoms with van der Waals surface area (Å²) in [5.74, 6) is 0.790. The van der Waals surface area contributed by atoms with Crippen LogP contribution in [0.15, 0.2) is 47.5 Å². The monoisotopic (exact) mass is 435 g/mol. The predicted octanol–water partition coefficient (Wildman–Crippen LogP) is 3.02. The van der Waals surface area contributed by atoms with E-state index in [0.717, 1.165) is 17.6 Å². The average molecular weight is 436 g/mol. The maximum absolute atomic E-state index is 13.7. The molecule has 0 heterocycles. The lowest BCUT2D eigenvalue weighted by Crippen LogP contribution is -2.43. The minimum absolute atomic E-state index is 0.140. The molecular weight excluding hydrogens is 405 g/mol. The van der Waals surface area contributed by atoms with Crippen molar-refractivity contribution >= 4 is 15.8 Å². The minimum Gasteiger partial charge on any atom is -0.497 e. The Bertz CT molecular complexity index is 1000. The van der Waals surface area contributed by atoms with Gasteiger partial charge in [0.1, 0.15) is 11.6 Å². The molecule has 8 heteroatoms. The number of methoxy groups -OCH3 is 1. The van der Waals surface area contributed by atoms with Gasteiger partial charge in [0.25, 0.3) is 0 Å². The molecule has 6 nitrogen and oxygen atoms in total. The quantitative estimate of drug-likeness (QED) is 0.492. The molecule has 0 aromatic heterocycles. The van der Waals surface area contributed by atoms with Gasteiger partial charge in [0.15, 0.2) is 15.8 Å². The second-order valence-corrected chi connectivity index (χ2v) is 10.0. The molecule has 0 radical (unpaired) electrons. The highest BCUT2D eigenvalue weighted by molar-refractivity contribution is 7.89. The molecule has 0 atom stereocenters. The van der Waals surface area contributed by atoms with Crippen LogP contribution in [0.2, 0.25) is 0 Å². The SMILES string of the molecule is CN=C(NCc1cc(F)ccc1CS(C)(=O)=O)NCC(C)(C)c1cccc(OC)c1. The van der Waals surface area contributed by atoms with E-state index in [0.29, 0.717) is 23.6 Å². The second kappa shape index (κ2) is 9.93. The number of sulfone groups is 1. The predicted molar refractivity (Wildman–Crippen MR) is 119 cm³/mol. The molecule has 0 amide bonds. The lowest BCUT2D eigenvalue weighted by atomic mass is 9.84.